The summed E-state index contributed by atoms with van der Waals surface area (Å²) < 4.78 is 0. The zero-order valence-corrected chi connectivity index (χ0v) is 13.9. The topological polar surface area (TPSA) is 52.6 Å². The standard InChI is InChI=1S/C18H28N2O2/c1-13-6-4-5-7-16(13)10-15(3)19-18(22)12-20-9-8-14(2)17(21)11-20/h4-7,14-15,17,21H,8-12H2,1-3H3,(H,19,22). The minimum absolute atomic E-state index is 0.0443. The first-order valence-corrected chi connectivity index (χ1v) is 8.20. The van der Waals surface area contributed by atoms with Crippen LogP contribution in [0.25, 0.3) is 0 Å². The van der Waals surface area contributed by atoms with Gasteiger partial charge in [-0.3, -0.25) is 9.69 Å². The lowest BCUT2D eigenvalue weighted by Crippen LogP contribution is -2.48. The van der Waals surface area contributed by atoms with Gasteiger partial charge in [0.05, 0.1) is 12.6 Å². The molecule has 0 bridgehead atoms. The van der Waals surface area contributed by atoms with Gasteiger partial charge in [-0.05, 0) is 50.3 Å². The van der Waals surface area contributed by atoms with E-state index in [9.17, 15) is 9.90 Å². The summed E-state index contributed by atoms with van der Waals surface area (Å²) in [6, 6.07) is 8.39. The Balaban J connectivity index is 1.78. The molecule has 1 aliphatic rings. The molecule has 0 aromatic heterocycles. The van der Waals surface area contributed by atoms with Gasteiger partial charge in [-0.2, -0.15) is 0 Å². The number of hydrogen-bond acceptors (Lipinski definition) is 3. The number of amides is 1. The molecule has 0 saturated carbocycles. The van der Waals surface area contributed by atoms with Crippen molar-refractivity contribution in [2.45, 2.75) is 45.8 Å². The average molecular weight is 304 g/mol. The predicted octanol–water partition coefficient (Wildman–Crippen LogP) is 1.74. The van der Waals surface area contributed by atoms with E-state index in [2.05, 4.69) is 31.3 Å². The van der Waals surface area contributed by atoms with Crippen LogP contribution in [0.5, 0.6) is 0 Å². The summed E-state index contributed by atoms with van der Waals surface area (Å²) in [5, 5.41) is 13.0. The molecule has 1 aromatic rings. The molecule has 22 heavy (non-hydrogen) atoms. The normalized spacial score (nSPS) is 24.0. The molecule has 2 rings (SSSR count). The van der Waals surface area contributed by atoms with Gasteiger partial charge < -0.3 is 10.4 Å². The Morgan fingerprint density at radius 1 is 1.45 bits per heavy atom. The quantitative estimate of drug-likeness (QED) is 0.871. The van der Waals surface area contributed by atoms with Crippen LogP contribution in [0.2, 0.25) is 0 Å². The lowest BCUT2D eigenvalue weighted by molar-refractivity contribution is -0.123. The molecule has 3 unspecified atom stereocenters. The molecular formula is C18H28N2O2. The van der Waals surface area contributed by atoms with Crippen LogP contribution in [-0.4, -0.2) is 47.7 Å². The van der Waals surface area contributed by atoms with Crippen molar-refractivity contribution in [3.05, 3.63) is 35.4 Å². The highest BCUT2D eigenvalue weighted by Gasteiger charge is 2.25. The number of benzene rings is 1. The van der Waals surface area contributed by atoms with Gasteiger partial charge in [-0.1, -0.05) is 31.2 Å². The smallest absolute Gasteiger partial charge is 0.234 e. The SMILES string of the molecule is Cc1ccccc1CC(C)NC(=O)CN1CCC(C)C(O)C1. The summed E-state index contributed by atoms with van der Waals surface area (Å²) in [5.41, 5.74) is 2.54. The van der Waals surface area contributed by atoms with E-state index < -0.39 is 0 Å². The Kier molecular flexibility index (Phi) is 5.98. The van der Waals surface area contributed by atoms with Crippen molar-refractivity contribution in [3.8, 4) is 0 Å². The largest absolute Gasteiger partial charge is 0.392 e. The number of hydrogen-bond donors (Lipinski definition) is 2. The summed E-state index contributed by atoms with van der Waals surface area (Å²) >= 11 is 0. The van der Waals surface area contributed by atoms with E-state index in [1.807, 2.05) is 24.0 Å². The summed E-state index contributed by atoms with van der Waals surface area (Å²) in [6.07, 6.45) is 1.48. The summed E-state index contributed by atoms with van der Waals surface area (Å²) in [7, 11) is 0. The summed E-state index contributed by atoms with van der Waals surface area (Å²) in [4.78, 5) is 14.2. The van der Waals surface area contributed by atoms with E-state index in [-0.39, 0.29) is 18.1 Å². The van der Waals surface area contributed by atoms with Gasteiger partial charge in [-0.25, -0.2) is 0 Å². The zero-order valence-electron chi connectivity index (χ0n) is 13.9. The first kappa shape index (κ1) is 17.0. The Morgan fingerprint density at radius 2 is 2.18 bits per heavy atom. The van der Waals surface area contributed by atoms with Crippen molar-refractivity contribution in [2.75, 3.05) is 19.6 Å². The molecule has 1 aromatic carbocycles. The lowest BCUT2D eigenvalue weighted by Gasteiger charge is -2.33. The van der Waals surface area contributed by atoms with E-state index >= 15 is 0 Å². The van der Waals surface area contributed by atoms with Crippen molar-refractivity contribution in [1.29, 1.82) is 0 Å². The minimum atomic E-state index is -0.314. The van der Waals surface area contributed by atoms with Gasteiger partial charge in [0.15, 0.2) is 0 Å². The van der Waals surface area contributed by atoms with Crippen LogP contribution in [0.3, 0.4) is 0 Å². The maximum atomic E-state index is 12.2. The molecule has 1 aliphatic heterocycles. The molecule has 1 saturated heterocycles. The molecule has 1 heterocycles. The number of carbonyl (C=O) groups excluding carboxylic acids is 1. The monoisotopic (exact) mass is 304 g/mol. The third-order valence-electron chi connectivity index (χ3n) is 4.56. The van der Waals surface area contributed by atoms with E-state index in [1.54, 1.807) is 0 Å². The van der Waals surface area contributed by atoms with Crippen LogP contribution in [0.15, 0.2) is 24.3 Å². The first-order chi connectivity index (χ1) is 10.5. The second-order valence-corrected chi connectivity index (χ2v) is 6.67. The second-order valence-electron chi connectivity index (χ2n) is 6.67. The van der Waals surface area contributed by atoms with Gasteiger partial charge in [0, 0.05) is 12.6 Å². The maximum Gasteiger partial charge on any atom is 0.234 e. The van der Waals surface area contributed by atoms with E-state index in [0.29, 0.717) is 19.0 Å². The van der Waals surface area contributed by atoms with Crippen molar-refractivity contribution in [2.24, 2.45) is 5.92 Å². The third kappa shape index (κ3) is 4.82. The Morgan fingerprint density at radius 3 is 2.86 bits per heavy atom. The van der Waals surface area contributed by atoms with Gasteiger partial charge in [0.2, 0.25) is 5.91 Å². The number of β-amino-alcohol motifs (C(OH)–C–C–N with tert-alkyl or cyclic N) is 1. The fraction of sp³-hybridized carbons (Fsp3) is 0.611. The Labute approximate surface area is 133 Å². The molecule has 0 spiro atoms. The highest BCUT2D eigenvalue weighted by molar-refractivity contribution is 5.78. The average Bonchev–Trinajstić information content (AvgIpc) is 2.45. The number of piperidine rings is 1. The third-order valence-corrected chi connectivity index (χ3v) is 4.56. The highest BCUT2D eigenvalue weighted by Crippen LogP contribution is 2.16. The lowest BCUT2D eigenvalue weighted by atomic mass is 9.96. The number of carbonyl (C=O) groups is 1. The number of aliphatic hydroxyl groups excluding tert-OH is 1. The molecule has 4 nitrogen and oxygen atoms in total. The molecule has 1 fully saturated rings. The zero-order chi connectivity index (χ0) is 16.1. The summed E-state index contributed by atoms with van der Waals surface area (Å²) in [5.74, 6) is 0.377. The number of likely N-dealkylation sites (tertiary alicyclic amines) is 1. The van der Waals surface area contributed by atoms with Crippen LogP contribution >= 0.6 is 0 Å². The molecule has 2 N–H and O–H groups in total. The van der Waals surface area contributed by atoms with Crippen molar-refractivity contribution in [1.82, 2.24) is 10.2 Å². The predicted molar refractivity (Wildman–Crippen MR) is 88.7 cm³/mol. The molecule has 3 atom stereocenters. The molecule has 0 aliphatic carbocycles. The second kappa shape index (κ2) is 7.75. The van der Waals surface area contributed by atoms with Gasteiger partial charge in [0.1, 0.15) is 0 Å². The van der Waals surface area contributed by atoms with Crippen LogP contribution in [0.1, 0.15) is 31.4 Å². The fourth-order valence-corrected chi connectivity index (χ4v) is 3.00. The minimum Gasteiger partial charge on any atom is -0.392 e. The van der Waals surface area contributed by atoms with E-state index in [4.69, 9.17) is 0 Å². The van der Waals surface area contributed by atoms with E-state index in [0.717, 1.165) is 19.4 Å². The number of aliphatic hydroxyl groups is 1. The van der Waals surface area contributed by atoms with Gasteiger partial charge in [0.25, 0.3) is 0 Å². The maximum absolute atomic E-state index is 12.2. The molecule has 4 heteroatoms. The summed E-state index contributed by atoms with van der Waals surface area (Å²) in [6.45, 7) is 8.06. The highest BCUT2D eigenvalue weighted by atomic mass is 16.3. The first-order valence-electron chi connectivity index (χ1n) is 8.20. The van der Waals surface area contributed by atoms with Crippen molar-refractivity contribution in [3.63, 3.8) is 0 Å². The van der Waals surface area contributed by atoms with Crippen molar-refractivity contribution < 1.29 is 9.90 Å². The molecule has 122 valence electrons. The Bertz CT molecular complexity index is 504. The Hall–Kier alpha value is -1.39. The van der Waals surface area contributed by atoms with Crippen molar-refractivity contribution >= 4 is 5.91 Å². The number of nitrogens with zero attached hydrogens (tertiary/aromatic N) is 1. The number of rotatable bonds is 5. The van der Waals surface area contributed by atoms with Gasteiger partial charge >= 0.3 is 0 Å². The number of aryl methyl sites for hydroxylation is 1. The number of nitrogens with one attached hydrogen (secondary N) is 1. The molecule has 1 amide bonds. The van der Waals surface area contributed by atoms with E-state index in [1.165, 1.54) is 11.1 Å². The van der Waals surface area contributed by atoms with Crippen LogP contribution in [0.4, 0.5) is 0 Å². The van der Waals surface area contributed by atoms with Crippen LogP contribution in [0, 0.1) is 12.8 Å². The molecule has 0 radical (unpaired) electrons. The molecular weight excluding hydrogens is 276 g/mol. The van der Waals surface area contributed by atoms with Gasteiger partial charge in [-0.15, -0.1) is 0 Å². The van der Waals surface area contributed by atoms with Crippen LogP contribution in [-0.2, 0) is 11.2 Å². The van der Waals surface area contributed by atoms with Crippen LogP contribution < -0.4 is 5.32 Å². The fourth-order valence-electron chi connectivity index (χ4n) is 3.00.